The highest BCUT2D eigenvalue weighted by atomic mass is 16.4. The lowest BCUT2D eigenvalue weighted by atomic mass is 9.98. The summed E-state index contributed by atoms with van der Waals surface area (Å²) in [6.45, 7) is 6.11. The molecular weight excluding hydrogens is 196 g/mol. The number of hydrogen-bond donors (Lipinski definition) is 1. The number of likely N-dealkylation sites (N-methyl/N-ethyl adjacent to an activating group) is 1. The van der Waals surface area contributed by atoms with Crippen LogP contribution in [0.5, 0.6) is 0 Å². The number of amides is 2. The summed E-state index contributed by atoms with van der Waals surface area (Å²) in [7, 11) is 1.74. The number of rotatable bonds is 3. The molecule has 0 spiro atoms. The van der Waals surface area contributed by atoms with Crippen LogP contribution in [0.3, 0.4) is 0 Å². The zero-order valence-corrected chi connectivity index (χ0v) is 9.65. The molecule has 0 aromatic rings. The molecule has 1 unspecified atom stereocenters. The van der Waals surface area contributed by atoms with Gasteiger partial charge in [0.2, 0.25) is 0 Å². The molecule has 15 heavy (non-hydrogen) atoms. The van der Waals surface area contributed by atoms with Crippen LogP contribution in [0.2, 0.25) is 0 Å². The fourth-order valence-corrected chi connectivity index (χ4v) is 1.82. The smallest absolute Gasteiger partial charge is 0.320 e. The molecule has 0 saturated carbocycles. The van der Waals surface area contributed by atoms with Crippen LogP contribution in [0.4, 0.5) is 4.79 Å². The van der Waals surface area contributed by atoms with Gasteiger partial charge in [-0.25, -0.2) is 4.79 Å². The van der Waals surface area contributed by atoms with Crippen LogP contribution in [0.15, 0.2) is 0 Å². The molecule has 1 rings (SSSR count). The number of carboxylic acid groups (broad SMARTS) is 1. The van der Waals surface area contributed by atoms with Crippen molar-refractivity contribution in [2.24, 2.45) is 0 Å². The number of urea groups is 1. The molecule has 1 aliphatic heterocycles. The summed E-state index contributed by atoms with van der Waals surface area (Å²) in [5, 5.41) is 8.78. The van der Waals surface area contributed by atoms with Gasteiger partial charge >= 0.3 is 12.0 Å². The van der Waals surface area contributed by atoms with Crippen molar-refractivity contribution in [3.63, 3.8) is 0 Å². The molecule has 2 amide bonds. The van der Waals surface area contributed by atoms with Gasteiger partial charge < -0.3 is 14.9 Å². The molecule has 1 saturated heterocycles. The zero-order chi connectivity index (χ0) is 11.8. The second-order valence-electron chi connectivity index (χ2n) is 4.74. The first-order valence-corrected chi connectivity index (χ1v) is 5.02. The van der Waals surface area contributed by atoms with E-state index in [0.717, 1.165) is 0 Å². The van der Waals surface area contributed by atoms with Crippen molar-refractivity contribution in [1.82, 2.24) is 9.80 Å². The number of nitrogens with zero attached hydrogens (tertiary/aromatic N) is 2. The Bertz CT molecular complexity index is 288. The van der Waals surface area contributed by atoms with Gasteiger partial charge in [-0.2, -0.15) is 0 Å². The number of aliphatic carboxylic acids is 1. The summed E-state index contributed by atoms with van der Waals surface area (Å²) in [6.07, 6.45) is -0.0285. The largest absolute Gasteiger partial charge is 0.481 e. The van der Waals surface area contributed by atoms with Crippen LogP contribution in [-0.4, -0.2) is 52.1 Å². The predicted molar refractivity (Wildman–Crippen MR) is 55.7 cm³/mol. The molecule has 0 aromatic heterocycles. The first kappa shape index (κ1) is 11.8. The van der Waals surface area contributed by atoms with E-state index in [1.54, 1.807) is 30.7 Å². The molecule has 1 atom stereocenters. The minimum Gasteiger partial charge on any atom is -0.481 e. The Morgan fingerprint density at radius 2 is 2.13 bits per heavy atom. The molecule has 0 aliphatic carbocycles. The van der Waals surface area contributed by atoms with E-state index in [4.69, 9.17) is 5.11 Å². The Balaban J connectivity index is 2.80. The number of carboxylic acids is 1. The average molecular weight is 214 g/mol. The zero-order valence-electron chi connectivity index (χ0n) is 9.65. The van der Waals surface area contributed by atoms with Crippen LogP contribution in [0, 0.1) is 0 Å². The number of hydrogen-bond acceptors (Lipinski definition) is 2. The molecular formula is C10H18N2O3. The van der Waals surface area contributed by atoms with Gasteiger partial charge in [0.1, 0.15) is 0 Å². The molecule has 86 valence electrons. The first-order valence-electron chi connectivity index (χ1n) is 5.02. The van der Waals surface area contributed by atoms with Crippen LogP contribution >= 0.6 is 0 Å². The Morgan fingerprint density at radius 3 is 2.47 bits per heavy atom. The van der Waals surface area contributed by atoms with Gasteiger partial charge in [-0.15, -0.1) is 0 Å². The SMILES string of the molecule is CC1CN(C(C)(C)CC(=O)O)C(=O)N1C. The highest BCUT2D eigenvalue weighted by molar-refractivity contribution is 5.79. The lowest BCUT2D eigenvalue weighted by Gasteiger charge is -2.33. The third kappa shape index (κ3) is 2.22. The van der Waals surface area contributed by atoms with E-state index in [2.05, 4.69) is 0 Å². The van der Waals surface area contributed by atoms with Gasteiger partial charge in [-0.05, 0) is 20.8 Å². The molecule has 1 fully saturated rings. The molecule has 5 nitrogen and oxygen atoms in total. The molecule has 1 heterocycles. The maximum atomic E-state index is 11.8. The van der Waals surface area contributed by atoms with Crippen molar-refractivity contribution >= 4 is 12.0 Å². The molecule has 0 aromatic carbocycles. The fourth-order valence-electron chi connectivity index (χ4n) is 1.82. The minimum absolute atomic E-state index is 0.0285. The van der Waals surface area contributed by atoms with Crippen LogP contribution in [0.25, 0.3) is 0 Å². The number of carbonyl (C=O) groups excluding carboxylic acids is 1. The van der Waals surface area contributed by atoms with Crippen molar-refractivity contribution in [3.05, 3.63) is 0 Å². The molecule has 0 radical (unpaired) electrons. The van der Waals surface area contributed by atoms with Gasteiger partial charge in [-0.3, -0.25) is 4.79 Å². The first-order chi connectivity index (χ1) is 6.75. The van der Waals surface area contributed by atoms with Gasteiger partial charge in [0, 0.05) is 25.2 Å². The fraction of sp³-hybridized carbons (Fsp3) is 0.800. The predicted octanol–water partition coefficient (Wildman–Crippen LogP) is 0.996. The lowest BCUT2D eigenvalue weighted by Crippen LogP contribution is -2.47. The van der Waals surface area contributed by atoms with Gasteiger partial charge in [0.05, 0.1) is 6.42 Å². The van der Waals surface area contributed by atoms with Gasteiger partial charge in [0.15, 0.2) is 0 Å². The maximum absolute atomic E-state index is 11.8. The standard InChI is InChI=1S/C10H18N2O3/c1-7-6-12(9(15)11(7)4)10(2,3)5-8(13)14/h7H,5-6H2,1-4H3,(H,13,14). The second-order valence-corrected chi connectivity index (χ2v) is 4.74. The van der Waals surface area contributed by atoms with Crippen molar-refractivity contribution in [2.75, 3.05) is 13.6 Å². The summed E-state index contributed by atoms with van der Waals surface area (Å²) in [5.41, 5.74) is -0.623. The molecule has 5 heteroatoms. The third-order valence-electron chi connectivity index (χ3n) is 2.96. The number of carbonyl (C=O) groups is 2. The molecule has 1 N–H and O–H groups in total. The van der Waals surface area contributed by atoms with E-state index < -0.39 is 11.5 Å². The Labute approximate surface area is 89.7 Å². The van der Waals surface area contributed by atoms with E-state index in [1.165, 1.54) is 0 Å². The summed E-state index contributed by atoms with van der Waals surface area (Å²) in [5.74, 6) is -0.880. The summed E-state index contributed by atoms with van der Waals surface area (Å²) >= 11 is 0. The lowest BCUT2D eigenvalue weighted by molar-refractivity contribution is -0.139. The minimum atomic E-state index is -0.880. The molecule has 0 bridgehead atoms. The van der Waals surface area contributed by atoms with Crippen LogP contribution in [-0.2, 0) is 4.79 Å². The maximum Gasteiger partial charge on any atom is 0.320 e. The van der Waals surface area contributed by atoms with E-state index in [-0.39, 0.29) is 18.5 Å². The summed E-state index contributed by atoms with van der Waals surface area (Å²) < 4.78 is 0. The van der Waals surface area contributed by atoms with Crippen LogP contribution in [0.1, 0.15) is 27.2 Å². The quantitative estimate of drug-likeness (QED) is 0.762. The third-order valence-corrected chi connectivity index (χ3v) is 2.96. The van der Waals surface area contributed by atoms with Gasteiger partial charge in [-0.1, -0.05) is 0 Å². The van der Waals surface area contributed by atoms with E-state index >= 15 is 0 Å². The highest BCUT2D eigenvalue weighted by Crippen LogP contribution is 2.26. The summed E-state index contributed by atoms with van der Waals surface area (Å²) in [4.78, 5) is 25.8. The Kier molecular flexibility index (Phi) is 2.93. The van der Waals surface area contributed by atoms with Crippen molar-refractivity contribution in [3.8, 4) is 0 Å². The van der Waals surface area contributed by atoms with Gasteiger partial charge in [0.25, 0.3) is 0 Å². The van der Waals surface area contributed by atoms with E-state index in [1.807, 2.05) is 6.92 Å². The van der Waals surface area contributed by atoms with E-state index in [9.17, 15) is 9.59 Å². The normalized spacial score (nSPS) is 22.4. The summed E-state index contributed by atoms with van der Waals surface area (Å²) in [6, 6.07) is 0.0549. The molecule has 1 aliphatic rings. The monoisotopic (exact) mass is 214 g/mol. The van der Waals surface area contributed by atoms with Crippen molar-refractivity contribution in [2.45, 2.75) is 38.8 Å². The van der Waals surface area contributed by atoms with Crippen LogP contribution < -0.4 is 0 Å². The Morgan fingerprint density at radius 1 is 1.60 bits per heavy atom. The van der Waals surface area contributed by atoms with Crippen molar-refractivity contribution in [1.29, 1.82) is 0 Å². The average Bonchev–Trinajstić information content (AvgIpc) is 2.31. The highest BCUT2D eigenvalue weighted by Gasteiger charge is 2.41. The van der Waals surface area contributed by atoms with Crippen molar-refractivity contribution < 1.29 is 14.7 Å². The van der Waals surface area contributed by atoms with E-state index in [0.29, 0.717) is 6.54 Å². The second kappa shape index (κ2) is 3.72. The topological polar surface area (TPSA) is 60.9 Å². The Hall–Kier alpha value is -1.26.